The molecule has 1 N–H and O–H groups in total. The summed E-state index contributed by atoms with van der Waals surface area (Å²) in [4.78, 5) is 22.1. The van der Waals surface area contributed by atoms with Crippen LogP contribution in [0.5, 0.6) is 5.75 Å². The van der Waals surface area contributed by atoms with Crippen LogP contribution in [-0.2, 0) is 13.0 Å². The second-order valence-corrected chi connectivity index (χ2v) is 6.63. The number of anilines is 1. The van der Waals surface area contributed by atoms with Gasteiger partial charge in [-0.15, -0.1) is 0 Å². The number of H-pyrrole nitrogens is 1. The van der Waals surface area contributed by atoms with Gasteiger partial charge in [0.05, 0.1) is 24.6 Å². The Kier molecular flexibility index (Phi) is 4.09. The van der Waals surface area contributed by atoms with Crippen LogP contribution in [0.25, 0.3) is 10.9 Å². The first-order chi connectivity index (χ1) is 12.1. The second-order valence-electron chi connectivity index (χ2n) is 6.19. The number of hydrogen-bond acceptors (Lipinski definition) is 4. The summed E-state index contributed by atoms with van der Waals surface area (Å²) in [5.74, 6) is 1.48. The van der Waals surface area contributed by atoms with E-state index in [1.807, 2.05) is 12.1 Å². The summed E-state index contributed by atoms with van der Waals surface area (Å²) in [5, 5.41) is 1.04. The number of aromatic nitrogens is 2. The molecule has 5 nitrogen and oxygen atoms in total. The molecular weight excluding hydrogens is 338 g/mol. The molecule has 0 radical (unpaired) electrons. The molecule has 0 bridgehead atoms. The number of hydrogen-bond donors (Lipinski definition) is 1. The molecule has 25 heavy (non-hydrogen) atoms. The van der Waals surface area contributed by atoms with E-state index >= 15 is 0 Å². The Morgan fingerprint density at radius 1 is 1.28 bits per heavy atom. The minimum absolute atomic E-state index is 0.162. The van der Waals surface area contributed by atoms with Crippen molar-refractivity contribution in [3.05, 3.63) is 63.2 Å². The Balaban J connectivity index is 1.71. The van der Waals surface area contributed by atoms with Crippen LogP contribution in [0.2, 0.25) is 5.02 Å². The maximum Gasteiger partial charge on any atom is 0.258 e. The third kappa shape index (κ3) is 3.07. The Morgan fingerprint density at radius 3 is 3.00 bits per heavy atom. The molecule has 128 valence electrons. The molecular formula is C19H18ClN3O2. The van der Waals surface area contributed by atoms with Gasteiger partial charge in [0, 0.05) is 23.3 Å². The van der Waals surface area contributed by atoms with Gasteiger partial charge in [-0.05, 0) is 42.7 Å². The zero-order valence-electron chi connectivity index (χ0n) is 13.9. The number of benzene rings is 2. The topological polar surface area (TPSA) is 58.2 Å². The number of halogens is 1. The molecule has 2 aromatic carbocycles. The normalized spacial score (nSPS) is 13.8. The number of nitrogens with zero attached hydrogens (tertiary/aromatic N) is 2. The van der Waals surface area contributed by atoms with E-state index in [0.29, 0.717) is 28.3 Å². The fraction of sp³-hybridized carbons (Fsp3) is 0.263. The Morgan fingerprint density at radius 2 is 2.16 bits per heavy atom. The summed E-state index contributed by atoms with van der Waals surface area (Å²) >= 11 is 5.97. The first-order valence-electron chi connectivity index (χ1n) is 8.24. The smallest absolute Gasteiger partial charge is 0.258 e. The molecule has 2 heterocycles. The van der Waals surface area contributed by atoms with Gasteiger partial charge in [0.1, 0.15) is 11.6 Å². The highest BCUT2D eigenvalue weighted by Crippen LogP contribution is 2.31. The van der Waals surface area contributed by atoms with Gasteiger partial charge >= 0.3 is 0 Å². The predicted octanol–water partition coefficient (Wildman–Crippen LogP) is 3.54. The van der Waals surface area contributed by atoms with Crippen molar-refractivity contribution in [3.63, 3.8) is 0 Å². The van der Waals surface area contributed by atoms with Crippen molar-refractivity contribution in [2.24, 2.45) is 0 Å². The summed E-state index contributed by atoms with van der Waals surface area (Å²) in [6.45, 7) is 1.47. The van der Waals surface area contributed by atoms with E-state index in [0.717, 1.165) is 30.8 Å². The van der Waals surface area contributed by atoms with Gasteiger partial charge in [-0.25, -0.2) is 4.98 Å². The largest absolute Gasteiger partial charge is 0.497 e. The van der Waals surface area contributed by atoms with Crippen LogP contribution in [0, 0.1) is 0 Å². The van der Waals surface area contributed by atoms with Crippen molar-refractivity contribution in [1.29, 1.82) is 0 Å². The third-order valence-corrected chi connectivity index (χ3v) is 4.80. The molecule has 0 saturated heterocycles. The van der Waals surface area contributed by atoms with Gasteiger partial charge in [0.2, 0.25) is 0 Å². The summed E-state index contributed by atoms with van der Waals surface area (Å²) < 4.78 is 5.35. The molecule has 0 spiro atoms. The lowest BCUT2D eigenvalue weighted by Crippen LogP contribution is -2.30. The van der Waals surface area contributed by atoms with E-state index in [1.165, 1.54) is 5.56 Å². The second kappa shape index (κ2) is 6.41. The Labute approximate surface area is 150 Å². The van der Waals surface area contributed by atoms with Crippen molar-refractivity contribution in [2.45, 2.75) is 19.4 Å². The van der Waals surface area contributed by atoms with Crippen LogP contribution in [0.3, 0.4) is 0 Å². The van der Waals surface area contributed by atoms with E-state index in [-0.39, 0.29) is 5.56 Å². The van der Waals surface area contributed by atoms with Crippen molar-refractivity contribution >= 4 is 28.2 Å². The molecule has 1 aliphatic heterocycles. The number of aryl methyl sites for hydroxylation is 1. The van der Waals surface area contributed by atoms with Gasteiger partial charge < -0.3 is 14.6 Å². The highest BCUT2D eigenvalue weighted by atomic mass is 35.5. The van der Waals surface area contributed by atoms with Gasteiger partial charge in [0.25, 0.3) is 5.56 Å². The average Bonchev–Trinajstić information content (AvgIpc) is 2.62. The molecule has 1 aromatic heterocycles. The summed E-state index contributed by atoms with van der Waals surface area (Å²) in [6, 6.07) is 11.3. The Hall–Kier alpha value is -2.53. The maximum absolute atomic E-state index is 12.3. The molecule has 3 aromatic rings. The molecule has 4 rings (SSSR count). The zero-order chi connectivity index (χ0) is 17.4. The highest BCUT2D eigenvalue weighted by Gasteiger charge is 2.19. The third-order valence-electron chi connectivity index (χ3n) is 4.56. The van der Waals surface area contributed by atoms with E-state index < -0.39 is 0 Å². The minimum atomic E-state index is -0.162. The van der Waals surface area contributed by atoms with Crippen molar-refractivity contribution < 1.29 is 4.74 Å². The highest BCUT2D eigenvalue weighted by molar-refractivity contribution is 6.31. The summed E-state index contributed by atoms with van der Waals surface area (Å²) in [7, 11) is 1.67. The number of nitrogens with one attached hydrogen (secondary N) is 1. The lowest BCUT2D eigenvalue weighted by molar-refractivity contribution is 0.414. The van der Waals surface area contributed by atoms with E-state index in [1.54, 1.807) is 25.3 Å². The van der Waals surface area contributed by atoms with Gasteiger partial charge in [0.15, 0.2) is 0 Å². The van der Waals surface area contributed by atoms with Crippen LogP contribution < -0.4 is 15.2 Å². The fourth-order valence-electron chi connectivity index (χ4n) is 3.34. The molecule has 1 aliphatic rings. The van der Waals surface area contributed by atoms with Crippen LogP contribution in [0.15, 0.2) is 41.2 Å². The van der Waals surface area contributed by atoms with E-state index in [2.05, 4.69) is 20.9 Å². The Bertz CT molecular complexity index is 1000. The van der Waals surface area contributed by atoms with Crippen molar-refractivity contribution in [2.75, 3.05) is 18.6 Å². The molecule has 0 saturated carbocycles. The van der Waals surface area contributed by atoms with Gasteiger partial charge in [-0.2, -0.15) is 0 Å². The first kappa shape index (κ1) is 16.0. The number of rotatable bonds is 3. The first-order valence-corrected chi connectivity index (χ1v) is 8.62. The molecule has 0 amide bonds. The average molecular weight is 356 g/mol. The standard InChI is InChI=1S/C19H18ClN3O2/c1-25-14-6-4-12-3-2-8-23(17(12)10-14)11-18-21-16-7-5-13(20)9-15(16)19(24)22-18/h4-7,9-10H,2-3,8,11H2,1H3,(H,21,22,24). The van der Waals surface area contributed by atoms with Gasteiger partial charge in [-0.1, -0.05) is 17.7 Å². The van der Waals surface area contributed by atoms with E-state index in [9.17, 15) is 4.79 Å². The quantitative estimate of drug-likeness (QED) is 0.780. The van der Waals surface area contributed by atoms with E-state index in [4.69, 9.17) is 16.3 Å². The minimum Gasteiger partial charge on any atom is -0.497 e. The molecule has 0 atom stereocenters. The molecule has 0 unspecified atom stereocenters. The summed E-state index contributed by atoms with van der Waals surface area (Å²) in [5.41, 5.74) is 2.93. The number of fused-ring (bicyclic) bond motifs is 2. The maximum atomic E-state index is 12.3. The number of ether oxygens (including phenoxy) is 1. The summed E-state index contributed by atoms with van der Waals surface area (Å²) in [6.07, 6.45) is 2.13. The lowest BCUT2D eigenvalue weighted by Gasteiger charge is -2.31. The van der Waals surface area contributed by atoms with Crippen LogP contribution in [0.1, 0.15) is 17.8 Å². The zero-order valence-corrected chi connectivity index (χ0v) is 14.6. The molecule has 0 fully saturated rings. The lowest BCUT2D eigenvalue weighted by atomic mass is 10.0. The van der Waals surface area contributed by atoms with Crippen LogP contribution >= 0.6 is 11.6 Å². The molecule has 6 heteroatoms. The monoisotopic (exact) mass is 355 g/mol. The van der Waals surface area contributed by atoms with Crippen molar-refractivity contribution in [1.82, 2.24) is 9.97 Å². The van der Waals surface area contributed by atoms with Gasteiger partial charge in [-0.3, -0.25) is 4.79 Å². The molecule has 0 aliphatic carbocycles. The predicted molar refractivity (Wildman–Crippen MR) is 99.7 cm³/mol. The SMILES string of the molecule is COc1ccc2c(c1)N(Cc1nc3ccc(Cl)cc3c(=O)[nH]1)CCC2. The van der Waals surface area contributed by atoms with Crippen LogP contribution in [-0.4, -0.2) is 23.6 Å². The number of methoxy groups -OCH3 is 1. The van der Waals surface area contributed by atoms with Crippen molar-refractivity contribution in [3.8, 4) is 5.75 Å². The fourth-order valence-corrected chi connectivity index (χ4v) is 3.51. The number of aromatic amines is 1. The van der Waals surface area contributed by atoms with Crippen LogP contribution in [0.4, 0.5) is 5.69 Å².